The summed E-state index contributed by atoms with van der Waals surface area (Å²) in [4.78, 5) is 40.6. The molecule has 0 fully saturated rings. The molecule has 0 saturated carbocycles. The van der Waals surface area contributed by atoms with Gasteiger partial charge >= 0.3 is 12.0 Å². The first-order chi connectivity index (χ1) is 18.8. The Balaban J connectivity index is 1.67. The van der Waals surface area contributed by atoms with Gasteiger partial charge < -0.3 is 25.5 Å². The fourth-order valence-electron chi connectivity index (χ4n) is 4.28. The summed E-state index contributed by atoms with van der Waals surface area (Å²) in [6.45, 7) is 3.90. The standard InChI is InChI=1S/C31H31N3O5/c1-20-13-15-24(16-14-20)26(18-27(35)36)33-31(38)34-28-29(39-19-23-11-7-4-8-12-23)25(21(2)32-30(28)37)17-22-9-5-3-6-10-22/h3-16,26H,17-19H2,1-2H3,(H,32,37)(H,35,36)(H2,33,34,38)/t26-/m0/s1. The highest BCUT2D eigenvalue weighted by atomic mass is 16.5. The summed E-state index contributed by atoms with van der Waals surface area (Å²) in [6.07, 6.45) is 0.145. The molecule has 39 heavy (non-hydrogen) atoms. The Morgan fingerprint density at radius 3 is 2.13 bits per heavy atom. The highest BCUT2D eigenvalue weighted by Crippen LogP contribution is 2.31. The largest absolute Gasteiger partial charge is 0.486 e. The number of aromatic nitrogens is 1. The monoisotopic (exact) mass is 525 g/mol. The van der Waals surface area contributed by atoms with Gasteiger partial charge in [-0.3, -0.25) is 9.59 Å². The van der Waals surface area contributed by atoms with Crippen molar-refractivity contribution in [2.75, 3.05) is 5.32 Å². The van der Waals surface area contributed by atoms with Crippen LogP contribution in [0.3, 0.4) is 0 Å². The van der Waals surface area contributed by atoms with E-state index >= 15 is 0 Å². The number of ether oxygens (including phenoxy) is 1. The van der Waals surface area contributed by atoms with E-state index in [9.17, 15) is 19.5 Å². The third-order valence-corrected chi connectivity index (χ3v) is 6.33. The number of aryl methyl sites for hydroxylation is 2. The summed E-state index contributed by atoms with van der Waals surface area (Å²) >= 11 is 0. The zero-order valence-electron chi connectivity index (χ0n) is 21.9. The van der Waals surface area contributed by atoms with Crippen LogP contribution in [0.5, 0.6) is 5.75 Å². The summed E-state index contributed by atoms with van der Waals surface area (Å²) in [7, 11) is 0. The summed E-state index contributed by atoms with van der Waals surface area (Å²) in [6, 6.07) is 25.0. The topological polar surface area (TPSA) is 121 Å². The first kappa shape index (κ1) is 27.2. The van der Waals surface area contributed by atoms with E-state index in [-0.39, 0.29) is 24.5 Å². The molecule has 0 saturated heterocycles. The summed E-state index contributed by atoms with van der Waals surface area (Å²) < 4.78 is 6.20. The molecule has 0 aliphatic heterocycles. The van der Waals surface area contributed by atoms with Gasteiger partial charge in [-0.15, -0.1) is 0 Å². The molecule has 4 aromatic rings. The van der Waals surface area contributed by atoms with Crippen molar-refractivity contribution in [3.63, 3.8) is 0 Å². The van der Waals surface area contributed by atoms with Crippen molar-refractivity contribution < 1.29 is 19.4 Å². The van der Waals surface area contributed by atoms with Gasteiger partial charge in [0.15, 0.2) is 11.4 Å². The van der Waals surface area contributed by atoms with Crippen LogP contribution in [0.25, 0.3) is 0 Å². The molecule has 2 amide bonds. The number of hydrogen-bond donors (Lipinski definition) is 4. The Morgan fingerprint density at radius 1 is 0.897 bits per heavy atom. The van der Waals surface area contributed by atoms with E-state index in [0.29, 0.717) is 17.7 Å². The Hall–Kier alpha value is -4.85. The molecule has 1 heterocycles. The number of carboxylic acids is 1. The lowest BCUT2D eigenvalue weighted by molar-refractivity contribution is -0.137. The minimum atomic E-state index is -1.06. The Bertz CT molecular complexity index is 1480. The Labute approximate surface area is 226 Å². The molecule has 200 valence electrons. The SMILES string of the molecule is Cc1ccc([C@H](CC(=O)O)NC(=O)Nc2c(OCc3ccccc3)c(Cc3ccccc3)c(C)[nH]c2=O)cc1. The zero-order valence-corrected chi connectivity index (χ0v) is 21.9. The van der Waals surface area contributed by atoms with Gasteiger partial charge in [-0.2, -0.15) is 0 Å². The lowest BCUT2D eigenvalue weighted by Crippen LogP contribution is -2.35. The predicted molar refractivity (Wildman–Crippen MR) is 150 cm³/mol. The van der Waals surface area contributed by atoms with Gasteiger partial charge in [0.2, 0.25) is 0 Å². The van der Waals surface area contributed by atoms with Gasteiger partial charge in [0, 0.05) is 17.7 Å². The first-order valence-corrected chi connectivity index (χ1v) is 12.6. The second-order valence-corrected chi connectivity index (χ2v) is 9.36. The van der Waals surface area contributed by atoms with Gasteiger partial charge in [0.1, 0.15) is 6.61 Å². The van der Waals surface area contributed by atoms with Gasteiger partial charge in [-0.25, -0.2) is 4.79 Å². The maximum atomic E-state index is 13.2. The van der Waals surface area contributed by atoms with Gasteiger partial charge in [0.05, 0.1) is 12.5 Å². The summed E-state index contributed by atoms with van der Waals surface area (Å²) in [5.41, 5.74) is 4.35. The van der Waals surface area contributed by atoms with Crippen molar-refractivity contribution in [2.24, 2.45) is 0 Å². The molecule has 0 radical (unpaired) electrons. The van der Waals surface area contributed by atoms with Gasteiger partial charge in [-0.05, 0) is 30.5 Å². The molecule has 8 nitrogen and oxygen atoms in total. The fourth-order valence-corrected chi connectivity index (χ4v) is 4.28. The maximum absolute atomic E-state index is 13.2. The minimum absolute atomic E-state index is 0.0436. The number of pyridine rings is 1. The van der Waals surface area contributed by atoms with Crippen LogP contribution >= 0.6 is 0 Å². The Kier molecular flexibility index (Phi) is 8.78. The second-order valence-electron chi connectivity index (χ2n) is 9.36. The van der Waals surface area contributed by atoms with E-state index in [2.05, 4.69) is 15.6 Å². The number of carbonyl (C=O) groups excluding carboxylic acids is 1. The number of carbonyl (C=O) groups is 2. The number of urea groups is 1. The number of carboxylic acid groups (broad SMARTS) is 1. The van der Waals surface area contributed by atoms with Crippen molar-refractivity contribution in [3.05, 3.63) is 129 Å². The average molecular weight is 526 g/mol. The molecule has 0 spiro atoms. The lowest BCUT2D eigenvalue weighted by Gasteiger charge is -2.21. The van der Waals surface area contributed by atoms with E-state index in [4.69, 9.17) is 4.74 Å². The molecule has 0 aliphatic rings. The van der Waals surface area contributed by atoms with Crippen molar-refractivity contribution in [1.82, 2.24) is 10.3 Å². The number of rotatable bonds is 10. The number of hydrogen-bond acceptors (Lipinski definition) is 4. The fraction of sp³-hybridized carbons (Fsp3) is 0.194. The Morgan fingerprint density at radius 2 is 1.51 bits per heavy atom. The van der Waals surface area contributed by atoms with Crippen molar-refractivity contribution in [1.29, 1.82) is 0 Å². The molecule has 1 atom stereocenters. The van der Waals surface area contributed by atoms with Crippen LogP contribution in [0.15, 0.2) is 89.7 Å². The number of H-pyrrole nitrogens is 1. The highest BCUT2D eigenvalue weighted by Gasteiger charge is 2.23. The number of aliphatic carboxylic acids is 1. The number of amides is 2. The molecular weight excluding hydrogens is 494 g/mol. The highest BCUT2D eigenvalue weighted by molar-refractivity contribution is 5.91. The minimum Gasteiger partial charge on any atom is -0.486 e. The summed E-state index contributed by atoms with van der Waals surface area (Å²) in [5, 5.41) is 14.8. The van der Waals surface area contributed by atoms with Crippen LogP contribution in [0.2, 0.25) is 0 Å². The smallest absolute Gasteiger partial charge is 0.319 e. The van der Waals surface area contributed by atoms with E-state index < -0.39 is 23.6 Å². The van der Waals surface area contributed by atoms with Crippen LogP contribution in [-0.4, -0.2) is 22.1 Å². The number of benzene rings is 3. The molecule has 0 bridgehead atoms. The molecule has 4 rings (SSSR count). The molecule has 0 unspecified atom stereocenters. The van der Waals surface area contributed by atoms with E-state index in [1.54, 1.807) is 19.1 Å². The number of anilines is 1. The first-order valence-electron chi connectivity index (χ1n) is 12.6. The second kappa shape index (κ2) is 12.6. The molecule has 1 aromatic heterocycles. The van der Waals surface area contributed by atoms with E-state index in [1.165, 1.54) is 0 Å². The van der Waals surface area contributed by atoms with Crippen molar-refractivity contribution >= 4 is 17.7 Å². The van der Waals surface area contributed by atoms with Crippen LogP contribution in [0.4, 0.5) is 10.5 Å². The normalized spacial score (nSPS) is 11.4. The van der Waals surface area contributed by atoms with Crippen LogP contribution in [0.1, 0.15) is 46.0 Å². The van der Waals surface area contributed by atoms with Crippen LogP contribution < -0.4 is 20.9 Å². The van der Waals surface area contributed by atoms with E-state index in [1.807, 2.05) is 79.7 Å². The summed E-state index contributed by atoms with van der Waals surface area (Å²) in [5.74, 6) is -0.796. The molecule has 3 aromatic carbocycles. The van der Waals surface area contributed by atoms with Crippen molar-refractivity contribution in [3.8, 4) is 5.75 Å². The van der Waals surface area contributed by atoms with Crippen LogP contribution in [0, 0.1) is 13.8 Å². The number of nitrogens with one attached hydrogen (secondary N) is 3. The van der Waals surface area contributed by atoms with Gasteiger partial charge in [-0.1, -0.05) is 90.5 Å². The van der Waals surface area contributed by atoms with Crippen LogP contribution in [-0.2, 0) is 17.8 Å². The number of aromatic amines is 1. The zero-order chi connectivity index (χ0) is 27.8. The molecular formula is C31H31N3O5. The molecule has 4 N–H and O–H groups in total. The lowest BCUT2D eigenvalue weighted by atomic mass is 10.0. The third kappa shape index (κ3) is 7.35. The molecule has 8 heteroatoms. The van der Waals surface area contributed by atoms with Crippen molar-refractivity contribution in [2.45, 2.75) is 39.3 Å². The third-order valence-electron chi connectivity index (χ3n) is 6.33. The predicted octanol–water partition coefficient (Wildman–Crippen LogP) is 5.50. The van der Waals surface area contributed by atoms with E-state index in [0.717, 1.165) is 22.3 Å². The molecule has 0 aliphatic carbocycles. The van der Waals surface area contributed by atoms with Gasteiger partial charge in [0.25, 0.3) is 5.56 Å². The average Bonchev–Trinajstić information content (AvgIpc) is 2.92. The maximum Gasteiger partial charge on any atom is 0.319 e. The quantitative estimate of drug-likeness (QED) is 0.218.